The first-order chi connectivity index (χ1) is 10.6. The first kappa shape index (κ1) is 18.1. The number of carbonyl (C=O) groups is 1. The van der Waals surface area contributed by atoms with Crippen LogP contribution in [0.15, 0.2) is 12.1 Å². The lowest BCUT2D eigenvalue weighted by Gasteiger charge is -2.35. The molecule has 2 fully saturated rings. The molecule has 1 aromatic rings. The fourth-order valence-corrected chi connectivity index (χ4v) is 3.52. The highest BCUT2D eigenvalue weighted by atomic mass is 35.5. The van der Waals surface area contributed by atoms with Gasteiger partial charge < -0.3 is 10.2 Å². The minimum atomic E-state index is -1.14. The van der Waals surface area contributed by atoms with E-state index in [1.54, 1.807) is 0 Å². The molecule has 0 aliphatic carbocycles. The SMILES string of the molecule is Cl.O=C(c1c(F)cc(F)cc1F)N1CCC(C2CCCN2)CC1. The Morgan fingerprint density at radius 3 is 2.22 bits per heavy atom. The summed E-state index contributed by atoms with van der Waals surface area (Å²) in [6.45, 7) is 2.01. The van der Waals surface area contributed by atoms with Gasteiger partial charge in [-0.1, -0.05) is 0 Å². The molecular formula is C16H20ClF3N2O. The predicted octanol–water partition coefficient (Wildman–Crippen LogP) is 3.13. The molecule has 1 atom stereocenters. The molecule has 7 heteroatoms. The van der Waals surface area contributed by atoms with Crippen molar-refractivity contribution < 1.29 is 18.0 Å². The number of piperidine rings is 1. The largest absolute Gasteiger partial charge is 0.338 e. The van der Waals surface area contributed by atoms with Gasteiger partial charge in [-0.25, -0.2) is 13.2 Å². The fourth-order valence-electron chi connectivity index (χ4n) is 3.52. The summed E-state index contributed by atoms with van der Waals surface area (Å²) >= 11 is 0. The zero-order chi connectivity index (χ0) is 15.7. The van der Waals surface area contributed by atoms with E-state index in [0.717, 1.165) is 25.8 Å². The summed E-state index contributed by atoms with van der Waals surface area (Å²) in [5, 5.41) is 3.46. The quantitative estimate of drug-likeness (QED) is 0.890. The lowest BCUT2D eigenvalue weighted by Crippen LogP contribution is -2.43. The van der Waals surface area contributed by atoms with Crippen LogP contribution in [0.1, 0.15) is 36.0 Å². The van der Waals surface area contributed by atoms with Crippen molar-refractivity contribution in [1.29, 1.82) is 0 Å². The highest BCUT2D eigenvalue weighted by Crippen LogP contribution is 2.27. The third kappa shape index (κ3) is 3.80. The zero-order valence-electron chi connectivity index (χ0n) is 12.7. The van der Waals surface area contributed by atoms with Crippen LogP contribution in [-0.4, -0.2) is 36.5 Å². The Balaban J connectivity index is 0.00000192. The average Bonchev–Trinajstić information content (AvgIpc) is 3.00. The summed E-state index contributed by atoms with van der Waals surface area (Å²) in [4.78, 5) is 13.8. The molecule has 1 N–H and O–H groups in total. The van der Waals surface area contributed by atoms with Crippen molar-refractivity contribution in [2.45, 2.75) is 31.7 Å². The summed E-state index contributed by atoms with van der Waals surface area (Å²) in [5.41, 5.74) is -0.654. The van der Waals surface area contributed by atoms with Crippen LogP contribution in [0.2, 0.25) is 0 Å². The number of amides is 1. The summed E-state index contributed by atoms with van der Waals surface area (Å²) in [7, 11) is 0. The Hall–Kier alpha value is -1.27. The molecular weight excluding hydrogens is 329 g/mol. The van der Waals surface area contributed by atoms with Crippen LogP contribution in [0.25, 0.3) is 0 Å². The Kier molecular flexibility index (Phi) is 5.92. The Morgan fingerprint density at radius 2 is 1.70 bits per heavy atom. The van der Waals surface area contributed by atoms with E-state index in [4.69, 9.17) is 0 Å². The normalized spacial score (nSPS) is 22.0. The van der Waals surface area contributed by atoms with E-state index < -0.39 is 28.9 Å². The highest BCUT2D eigenvalue weighted by molar-refractivity contribution is 5.94. The number of halogens is 4. The van der Waals surface area contributed by atoms with Gasteiger partial charge in [-0.2, -0.15) is 0 Å². The van der Waals surface area contributed by atoms with Gasteiger partial charge in [0.1, 0.15) is 23.0 Å². The van der Waals surface area contributed by atoms with Crippen LogP contribution in [-0.2, 0) is 0 Å². The van der Waals surface area contributed by atoms with Crippen molar-refractivity contribution in [3.05, 3.63) is 35.1 Å². The number of hydrogen-bond donors (Lipinski definition) is 1. The average molecular weight is 349 g/mol. The van der Waals surface area contributed by atoms with Gasteiger partial charge in [0.05, 0.1) is 0 Å². The Bertz CT molecular complexity index is 547. The maximum absolute atomic E-state index is 13.7. The minimum absolute atomic E-state index is 0. The zero-order valence-corrected chi connectivity index (χ0v) is 13.5. The summed E-state index contributed by atoms with van der Waals surface area (Å²) in [6.07, 6.45) is 3.98. The van der Waals surface area contributed by atoms with E-state index in [1.807, 2.05) is 0 Å². The monoisotopic (exact) mass is 348 g/mol. The number of nitrogens with zero attached hydrogens (tertiary/aromatic N) is 1. The summed E-state index contributed by atoms with van der Waals surface area (Å²) in [6, 6.07) is 1.59. The van der Waals surface area contributed by atoms with Gasteiger partial charge in [0.15, 0.2) is 0 Å². The topological polar surface area (TPSA) is 32.3 Å². The van der Waals surface area contributed by atoms with Crippen molar-refractivity contribution in [3.63, 3.8) is 0 Å². The van der Waals surface area contributed by atoms with E-state index in [1.165, 1.54) is 11.3 Å². The van der Waals surface area contributed by atoms with Gasteiger partial charge in [-0.05, 0) is 38.1 Å². The second kappa shape index (κ2) is 7.53. The molecule has 1 aromatic carbocycles. The molecule has 1 amide bonds. The van der Waals surface area contributed by atoms with Crippen molar-refractivity contribution in [3.8, 4) is 0 Å². The van der Waals surface area contributed by atoms with E-state index in [2.05, 4.69) is 5.32 Å². The second-order valence-electron chi connectivity index (χ2n) is 6.08. The number of hydrogen-bond acceptors (Lipinski definition) is 2. The van der Waals surface area contributed by atoms with Crippen molar-refractivity contribution in [1.82, 2.24) is 10.2 Å². The van der Waals surface area contributed by atoms with Crippen LogP contribution in [0, 0.1) is 23.4 Å². The van der Waals surface area contributed by atoms with E-state index in [-0.39, 0.29) is 12.4 Å². The molecule has 3 nitrogen and oxygen atoms in total. The molecule has 2 heterocycles. The molecule has 128 valence electrons. The van der Waals surface area contributed by atoms with E-state index in [9.17, 15) is 18.0 Å². The van der Waals surface area contributed by atoms with Crippen molar-refractivity contribution >= 4 is 18.3 Å². The lowest BCUT2D eigenvalue weighted by atomic mass is 9.88. The number of rotatable bonds is 2. The number of nitrogens with one attached hydrogen (secondary N) is 1. The molecule has 1 unspecified atom stereocenters. The molecule has 3 rings (SSSR count). The number of carbonyl (C=O) groups excluding carboxylic acids is 1. The van der Waals surface area contributed by atoms with Crippen LogP contribution >= 0.6 is 12.4 Å². The Labute approximate surface area is 139 Å². The molecule has 0 aromatic heterocycles. The van der Waals surface area contributed by atoms with Gasteiger partial charge in [0.2, 0.25) is 0 Å². The number of likely N-dealkylation sites (tertiary alicyclic amines) is 1. The van der Waals surface area contributed by atoms with E-state index in [0.29, 0.717) is 37.2 Å². The standard InChI is InChI=1S/C16H19F3N2O.ClH/c17-11-8-12(18)15(13(19)9-11)16(22)21-6-3-10(4-7-21)14-2-1-5-20-14;/h8-10,14,20H,1-7H2;1H. The van der Waals surface area contributed by atoms with Crippen LogP contribution in [0.4, 0.5) is 13.2 Å². The molecule has 0 radical (unpaired) electrons. The number of benzene rings is 1. The van der Waals surface area contributed by atoms with Gasteiger partial charge >= 0.3 is 0 Å². The molecule has 2 saturated heterocycles. The van der Waals surface area contributed by atoms with Crippen molar-refractivity contribution in [2.24, 2.45) is 5.92 Å². The third-order valence-electron chi connectivity index (χ3n) is 4.72. The minimum Gasteiger partial charge on any atom is -0.338 e. The first-order valence-corrected chi connectivity index (χ1v) is 7.73. The summed E-state index contributed by atoms with van der Waals surface area (Å²) in [5.74, 6) is -3.47. The molecule has 0 spiro atoms. The van der Waals surface area contributed by atoms with Gasteiger partial charge in [-0.15, -0.1) is 12.4 Å². The lowest BCUT2D eigenvalue weighted by molar-refractivity contribution is 0.0664. The second-order valence-corrected chi connectivity index (χ2v) is 6.08. The Morgan fingerprint density at radius 1 is 1.09 bits per heavy atom. The molecule has 23 heavy (non-hydrogen) atoms. The maximum Gasteiger partial charge on any atom is 0.259 e. The smallest absolute Gasteiger partial charge is 0.259 e. The first-order valence-electron chi connectivity index (χ1n) is 7.73. The van der Waals surface area contributed by atoms with Crippen LogP contribution in [0.5, 0.6) is 0 Å². The van der Waals surface area contributed by atoms with Crippen LogP contribution < -0.4 is 5.32 Å². The van der Waals surface area contributed by atoms with Gasteiger partial charge in [0.25, 0.3) is 5.91 Å². The van der Waals surface area contributed by atoms with Gasteiger partial charge in [-0.3, -0.25) is 4.79 Å². The molecule has 0 bridgehead atoms. The van der Waals surface area contributed by atoms with Crippen molar-refractivity contribution in [2.75, 3.05) is 19.6 Å². The third-order valence-corrected chi connectivity index (χ3v) is 4.72. The summed E-state index contributed by atoms with van der Waals surface area (Å²) < 4.78 is 40.3. The van der Waals surface area contributed by atoms with Crippen LogP contribution in [0.3, 0.4) is 0 Å². The fraction of sp³-hybridized carbons (Fsp3) is 0.562. The molecule has 0 saturated carbocycles. The highest BCUT2D eigenvalue weighted by Gasteiger charge is 2.32. The maximum atomic E-state index is 13.7. The van der Waals surface area contributed by atoms with E-state index >= 15 is 0 Å². The molecule has 2 aliphatic rings. The molecule has 2 aliphatic heterocycles. The predicted molar refractivity (Wildman–Crippen MR) is 83.2 cm³/mol. The van der Waals surface area contributed by atoms with Gasteiger partial charge in [0, 0.05) is 31.3 Å².